The van der Waals surface area contributed by atoms with Crippen LogP contribution in [-0.4, -0.2) is 27.8 Å². The number of benzene rings is 2. The van der Waals surface area contributed by atoms with Gasteiger partial charge in [0.25, 0.3) is 0 Å². The highest BCUT2D eigenvalue weighted by Gasteiger charge is 2.25. The van der Waals surface area contributed by atoms with Gasteiger partial charge in [0.1, 0.15) is 17.3 Å². The summed E-state index contributed by atoms with van der Waals surface area (Å²) >= 11 is 0. The van der Waals surface area contributed by atoms with Crippen molar-refractivity contribution in [1.82, 2.24) is 4.98 Å². The zero-order valence-electron chi connectivity index (χ0n) is 16.9. The van der Waals surface area contributed by atoms with E-state index in [1.54, 1.807) is 24.3 Å². The minimum atomic E-state index is -0.751. The number of carboxylic acid groups (broad SMARTS) is 1. The molecule has 0 bridgehead atoms. The molecule has 4 rings (SSSR count). The summed E-state index contributed by atoms with van der Waals surface area (Å²) < 4.78 is 11.9. The first-order valence-electron chi connectivity index (χ1n) is 10.3. The topological polar surface area (TPSA) is 92.8 Å². The minimum absolute atomic E-state index is 0.104. The largest absolute Gasteiger partial charge is 0.508 e. The van der Waals surface area contributed by atoms with Gasteiger partial charge in [0.2, 0.25) is 5.89 Å². The Morgan fingerprint density at radius 3 is 2.77 bits per heavy atom. The van der Waals surface area contributed by atoms with Crippen LogP contribution in [0.4, 0.5) is 0 Å². The van der Waals surface area contributed by atoms with Crippen molar-refractivity contribution in [2.45, 2.75) is 44.9 Å². The van der Waals surface area contributed by atoms with Gasteiger partial charge in [0.15, 0.2) is 0 Å². The first kappa shape index (κ1) is 20.0. The Kier molecular flexibility index (Phi) is 5.74. The van der Waals surface area contributed by atoms with Crippen LogP contribution in [-0.2, 0) is 24.1 Å². The van der Waals surface area contributed by atoms with Crippen molar-refractivity contribution in [3.63, 3.8) is 0 Å². The molecule has 0 unspecified atom stereocenters. The maximum atomic E-state index is 11.0. The fraction of sp³-hybridized carbons (Fsp3) is 0.333. The van der Waals surface area contributed by atoms with Crippen LogP contribution < -0.4 is 4.74 Å². The van der Waals surface area contributed by atoms with Crippen LogP contribution in [0.3, 0.4) is 0 Å². The van der Waals surface area contributed by atoms with Crippen molar-refractivity contribution in [1.29, 1.82) is 0 Å². The predicted octanol–water partition coefficient (Wildman–Crippen LogP) is 4.74. The summed E-state index contributed by atoms with van der Waals surface area (Å²) in [6.07, 6.45) is 3.32. The van der Waals surface area contributed by atoms with E-state index in [1.165, 1.54) is 5.56 Å². The smallest absolute Gasteiger partial charge is 0.303 e. The van der Waals surface area contributed by atoms with Crippen LogP contribution in [0.15, 0.2) is 46.9 Å². The molecule has 156 valence electrons. The number of aromatic nitrogens is 1. The van der Waals surface area contributed by atoms with Crippen molar-refractivity contribution in [2.75, 3.05) is 6.61 Å². The monoisotopic (exact) mass is 407 g/mol. The molecular weight excluding hydrogens is 382 g/mol. The SMILES string of the molecule is CCc1oc(-c2ccc(O)cc2)nc1CCOc1ccc2c(c1)CC[C@H]2CC(=O)O. The Hall–Kier alpha value is -3.28. The molecule has 0 amide bonds. The van der Waals surface area contributed by atoms with Gasteiger partial charge in [0, 0.05) is 18.4 Å². The number of carboxylic acids is 1. The molecule has 0 radical (unpaired) electrons. The maximum Gasteiger partial charge on any atom is 0.303 e. The summed E-state index contributed by atoms with van der Waals surface area (Å²) in [5.41, 5.74) is 4.02. The fourth-order valence-corrected chi connectivity index (χ4v) is 4.04. The van der Waals surface area contributed by atoms with Gasteiger partial charge in [-0.2, -0.15) is 0 Å². The lowest BCUT2D eigenvalue weighted by Crippen LogP contribution is -2.05. The van der Waals surface area contributed by atoms with E-state index in [1.807, 2.05) is 25.1 Å². The van der Waals surface area contributed by atoms with Crippen LogP contribution in [0.2, 0.25) is 0 Å². The number of hydrogen-bond acceptors (Lipinski definition) is 5. The molecule has 0 saturated carbocycles. The van der Waals surface area contributed by atoms with E-state index < -0.39 is 5.97 Å². The van der Waals surface area contributed by atoms with Gasteiger partial charge in [-0.1, -0.05) is 13.0 Å². The Morgan fingerprint density at radius 1 is 1.23 bits per heavy atom. The second-order valence-corrected chi connectivity index (χ2v) is 7.58. The number of carbonyl (C=O) groups is 1. The van der Waals surface area contributed by atoms with Crippen LogP contribution in [0.1, 0.15) is 48.3 Å². The number of hydrogen-bond donors (Lipinski definition) is 2. The van der Waals surface area contributed by atoms with E-state index in [0.717, 1.165) is 47.6 Å². The summed E-state index contributed by atoms with van der Waals surface area (Å²) in [6, 6.07) is 12.7. The first-order valence-corrected chi connectivity index (χ1v) is 10.3. The molecule has 6 heteroatoms. The highest BCUT2D eigenvalue weighted by molar-refractivity contribution is 5.68. The van der Waals surface area contributed by atoms with E-state index in [-0.39, 0.29) is 18.1 Å². The Labute approximate surface area is 175 Å². The maximum absolute atomic E-state index is 11.0. The number of aromatic hydroxyl groups is 1. The minimum Gasteiger partial charge on any atom is -0.508 e. The Balaban J connectivity index is 1.40. The van der Waals surface area contributed by atoms with Gasteiger partial charge in [-0.3, -0.25) is 4.79 Å². The normalized spacial score (nSPS) is 15.2. The summed E-state index contributed by atoms with van der Waals surface area (Å²) in [5.74, 6) is 1.74. The van der Waals surface area contributed by atoms with Crippen LogP contribution >= 0.6 is 0 Å². The number of phenolic OH excluding ortho intramolecular Hbond substituents is 1. The number of ether oxygens (including phenoxy) is 1. The molecule has 3 aromatic rings. The van der Waals surface area contributed by atoms with E-state index >= 15 is 0 Å². The zero-order valence-corrected chi connectivity index (χ0v) is 16.9. The van der Waals surface area contributed by atoms with E-state index in [4.69, 9.17) is 14.3 Å². The Morgan fingerprint density at radius 2 is 2.03 bits per heavy atom. The third-order valence-corrected chi connectivity index (χ3v) is 5.56. The van der Waals surface area contributed by atoms with Crippen LogP contribution in [0, 0.1) is 0 Å². The molecule has 30 heavy (non-hydrogen) atoms. The molecule has 0 saturated heterocycles. The molecule has 2 aromatic carbocycles. The lowest BCUT2D eigenvalue weighted by atomic mass is 9.98. The van der Waals surface area contributed by atoms with E-state index in [0.29, 0.717) is 18.9 Å². The van der Waals surface area contributed by atoms with Gasteiger partial charge >= 0.3 is 5.97 Å². The highest BCUT2D eigenvalue weighted by Crippen LogP contribution is 2.37. The second-order valence-electron chi connectivity index (χ2n) is 7.58. The van der Waals surface area contributed by atoms with Gasteiger partial charge in [-0.25, -0.2) is 4.98 Å². The third kappa shape index (κ3) is 4.32. The van der Waals surface area contributed by atoms with Crippen molar-refractivity contribution in [3.8, 4) is 23.0 Å². The molecule has 1 aliphatic rings. The number of fused-ring (bicyclic) bond motifs is 1. The molecule has 0 fully saturated rings. The van der Waals surface area contributed by atoms with Crippen molar-refractivity contribution in [3.05, 3.63) is 65.0 Å². The number of nitrogens with zero attached hydrogens (tertiary/aromatic N) is 1. The number of aryl methyl sites for hydroxylation is 2. The van der Waals surface area contributed by atoms with E-state index in [2.05, 4.69) is 4.98 Å². The molecule has 1 heterocycles. The summed E-state index contributed by atoms with van der Waals surface area (Å²) in [7, 11) is 0. The van der Waals surface area contributed by atoms with Crippen molar-refractivity contribution < 1.29 is 24.2 Å². The zero-order chi connectivity index (χ0) is 21.1. The number of oxazole rings is 1. The lowest BCUT2D eigenvalue weighted by molar-refractivity contribution is -0.137. The fourth-order valence-electron chi connectivity index (χ4n) is 4.04. The van der Waals surface area contributed by atoms with Gasteiger partial charge in [-0.05, 0) is 66.3 Å². The van der Waals surface area contributed by atoms with E-state index in [9.17, 15) is 9.90 Å². The standard InChI is InChI=1S/C24H25NO5/c1-2-22-21(25-24(30-22)15-5-7-18(26)8-6-15)11-12-29-19-9-10-20-16(13-19)3-4-17(20)14-23(27)28/h5-10,13,17,26H,2-4,11-12,14H2,1H3,(H,27,28)/t17-/m0/s1. The lowest BCUT2D eigenvalue weighted by Gasteiger charge is -2.10. The molecule has 0 spiro atoms. The number of aliphatic carboxylic acids is 1. The first-order chi connectivity index (χ1) is 14.5. The summed E-state index contributed by atoms with van der Waals surface area (Å²) in [6.45, 7) is 2.51. The Bertz CT molecular complexity index is 1040. The van der Waals surface area contributed by atoms with Gasteiger partial charge in [0.05, 0.1) is 18.7 Å². The average Bonchev–Trinajstić information content (AvgIpc) is 3.32. The third-order valence-electron chi connectivity index (χ3n) is 5.56. The summed E-state index contributed by atoms with van der Waals surface area (Å²) in [4.78, 5) is 15.6. The quantitative estimate of drug-likeness (QED) is 0.560. The molecule has 6 nitrogen and oxygen atoms in total. The molecule has 1 atom stereocenters. The van der Waals surface area contributed by atoms with Crippen molar-refractivity contribution in [2.24, 2.45) is 0 Å². The van der Waals surface area contributed by atoms with Gasteiger partial charge < -0.3 is 19.4 Å². The second kappa shape index (κ2) is 8.61. The molecule has 1 aliphatic carbocycles. The van der Waals surface area contributed by atoms with Gasteiger partial charge in [-0.15, -0.1) is 0 Å². The molecular formula is C24H25NO5. The van der Waals surface area contributed by atoms with Crippen LogP contribution in [0.25, 0.3) is 11.5 Å². The van der Waals surface area contributed by atoms with Crippen LogP contribution in [0.5, 0.6) is 11.5 Å². The molecule has 1 aromatic heterocycles. The highest BCUT2D eigenvalue weighted by atomic mass is 16.5. The molecule has 0 aliphatic heterocycles. The predicted molar refractivity (Wildman–Crippen MR) is 112 cm³/mol. The summed E-state index contributed by atoms with van der Waals surface area (Å²) in [5, 5.41) is 18.5. The average molecular weight is 407 g/mol. The molecule has 2 N–H and O–H groups in total. The number of phenols is 1. The van der Waals surface area contributed by atoms with Crippen molar-refractivity contribution >= 4 is 5.97 Å². The number of rotatable bonds is 8.